The molecule has 1 fully saturated rings. The number of aliphatic hydroxyl groups excluding tert-OH is 1. The zero-order valence-corrected chi connectivity index (χ0v) is 20.1. The van der Waals surface area contributed by atoms with E-state index in [2.05, 4.69) is 15.0 Å². The Balaban J connectivity index is 1.37. The predicted molar refractivity (Wildman–Crippen MR) is 125 cm³/mol. The molecule has 4 heterocycles. The Morgan fingerprint density at radius 1 is 1.35 bits per heavy atom. The third-order valence-corrected chi connectivity index (χ3v) is 7.01. The molecule has 3 aromatic rings. The summed E-state index contributed by atoms with van der Waals surface area (Å²) in [4.78, 5) is 21.8. The Labute approximate surface area is 201 Å². The highest BCUT2D eigenvalue weighted by molar-refractivity contribution is 6.31. The summed E-state index contributed by atoms with van der Waals surface area (Å²) >= 11 is 6.32. The molecule has 0 radical (unpaired) electrons. The van der Waals surface area contributed by atoms with Crippen molar-refractivity contribution in [3.8, 4) is 5.75 Å². The molecule has 2 unspecified atom stereocenters. The zero-order valence-electron chi connectivity index (χ0n) is 19.4. The van der Waals surface area contributed by atoms with Crippen molar-refractivity contribution in [3.05, 3.63) is 57.2 Å². The van der Waals surface area contributed by atoms with Crippen LogP contribution < -0.4 is 4.74 Å². The molecule has 2 aliphatic rings. The number of hydrogen-bond donors (Lipinski definition) is 1. The number of fused-ring (bicyclic) bond motifs is 3. The molecule has 2 aliphatic heterocycles. The quantitative estimate of drug-likeness (QED) is 0.595. The van der Waals surface area contributed by atoms with Gasteiger partial charge in [0.15, 0.2) is 5.65 Å². The molecule has 0 aliphatic carbocycles. The van der Waals surface area contributed by atoms with Gasteiger partial charge in [-0.3, -0.25) is 9.69 Å². The number of hydrogen-bond acceptors (Lipinski definition) is 6. The van der Waals surface area contributed by atoms with Crippen LogP contribution in [0, 0.1) is 19.7 Å². The summed E-state index contributed by atoms with van der Waals surface area (Å²) in [5.74, 6) is -0.462. The molecule has 2 aromatic heterocycles. The Bertz CT molecular complexity index is 1280. The number of likely N-dealkylation sites (tertiary alicyclic amines) is 1. The molecule has 1 aromatic carbocycles. The maximum absolute atomic E-state index is 14.1. The van der Waals surface area contributed by atoms with Crippen molar-refractivity contribution in [1.82, 2.24) is 24.4 Å². The Morgan fingerprint density at radius 2 is 2.15 bits per heavy atom. The summed E-state index contributed by atoms with van der Waals surface area (Å²) in [7, 11) is 0. The summed E-state index contributed by atoms with van der Waals surface area (Å²) in [6.45, 7) is 8.13. The first-order valence-corrected chi connectivity index (χ1v) is 11.8. The van der Waals surface area contributed by atoms with Crippen molar-refractivity contribution < 1.29 is 19.0 Å². The number of carbonyl (C=O) groups is 1. The molecule has 5 rings (SSSR count). The van der Waals surface area contributed by atoms with Gasteiger partial charge in [-0.05, 0) is 39.3 Å². The van der Waals surface area contributed by atoms with Crippen LogP contribution in [0.2, 0.25) is 5.02 Å². The number of aryl methyl sites for hydroxylation is 2. The van der Waals surface area contributed by atoms with Gasteiger partial charge < -0.3 is 14.7 Å². The fourth-order valence-corrected chi connectivity index (χ4v) is 4.93. The Kier molecular flexibility index (Phi) is 5.95. The lowest BCUT2D eigenvalue weighted by Crippen LogP contribution is -2.31. The van der Waals surface area contributed by atoms with E-state index in [-0.39, 0.29) is 17.8 Å². The van der Waals surface area contributed by atoms with E-state index in [0.29, 0.717) is 42.4 Å². The maximum Gasteiger partial charge on any atom is 0.258 e. The average Bonchev–Trinajstić information content (AvgIpc) is 3.47. The lowest BCUT2D eigenvalue weighted by molar-refractivity contribution is 0.0742. The molecule has 8 nitrogen and oxygen atoms in total. The molecule has 0 saturated carbocycles. The average molecular weight is 488 g/mol. The van der Waals surface area contributed by atoms with E-state index in [1.807, 2.05) is 13.8 Å². The van der Waals surface area contributed by atoms with Crippen LogP contribution in [-0.4, -0.2) is 67.3 Å². The van der Waals surface area contributed by atoms with Crippen LogP contribution in [-0.2, 0) is 13.1 Å². The number of nitrogens with zero attached hydrogens (tertiary/aromatic N) is 5. The minimum absolute atomic E-state index is 0.174. The van der Waals surface area contributed by atoms with Crippen LogP contribution in [0.4, 0.5) is 4.39 Å². The summed E-state index contributed by atoms with van der Waals surface area (Å²) in [5, 5.41) is 14.8. The maximum atomic E-state index is 14.1. The third-order valence-electron chi connectivity index (χ3n) is 6.46. The molecular weight excluding hydrogens is 461 g/mol. The van der Waals surface area contributed by atoms with Crippen LogP contribution >= 0.6 is 11.6 Å². The molecule has 1 amide bonds. The first kappa shape index (κ1) is 23.0. The molecular formula is C24H27ClFN5O3. The van der Waals surface area contributed by atoms with Gasteiger partial charge in [-0.1, -0.05) is 11.6 Å². The van der Waals surface area contributed by atoms with Crippen LogP contribution in [0.5, 0.6) is 5.75 Å². The summed E-state index contributed by atoms with van der Waals surface area (Å²) in [6.07, 6.45) is 0.143. The first-order chi connectivity index (χ1) is 16.2. The van der Waals surface area contributed by atoms with Crippen LogP contribution in [0.3, 0.4) is 0 Å². The highest BCUT2D eigenvalue weighted by Crippen LogP contribution is 2.32. The van der Waals surface area contributed by atoms with Crippen molar-refractivity contribution in [1.29, 1.82) is 0 Å². The normalized spacial score (nSPS) is 19.1. The van der Waals surface area contributed by atoms with Gasteiger partial charge in [0.25, 0.3) is 5.91 Å². The number of rotatable bonds is 5. The molecule has 0 bridgehead atoms. The van der Waals surface area contributed by atoms with E-state index >= 15 is 0 Å². The lowest BCUT2D eigenvalue weighted by Gasteiger charge is -2.21. The molecule has 180 valence electrons. The second kappa shape index (κ2) is 8.79. The van der Waals surface area contributed by atoms with E-state index < -0.39 is 11.9 Å². The molecule has 1 N–H and O–H groups in total. The largest absolute Gasteiger partial charge is 0.488 e. The molecule has 1 saturated heterocycles. The second-order valence-corrected chi connectivity index (χ2v) is 9.57. The van der Waals surface area contributed by atoms with Crippen LogP contribution in [0.15, 0.2) is 18.2 Å². The summed E-state index contributed by atoms with van der Waals surface area (Å²) in [5.41, 5.74) is 4.22. The van der Waals surface area contributed by atoms with Gasteiger partial charge in [-0.15, -0.1) is 0 Å². The number of aliphatic hydroxyl groups is 1. The fourth-order valence-electron chi connectivity index (χ4n) is 4.81. The van der Waals surface area contributed by atoms with Gasteiger partial charge >= 0.3 is 0 Å². The van der Waals surface area contributed by atoms with Gasteiger partial charge in [0.05, 0.1) is 46.9 Å². The number of ether oxygens (including phenoxy) is 1. The molecule has 10 heteroatoms. The Morgan fingerprint density at radius 3 is 2.91 bits per heavy atom. The number of benzene rings is 1. The molecule has 2 atom stereocenters. The van der Waals surface area contributed by atoms with Gasteiger partial charge in [-0.25, -0.2) is 13.9 Å². The second-order valence-electron chi connectivity index (χ2n) is 9.20. The number of carbonyl (C=O) groups excluding carboxylic acids is 1. The third kappa shape index (κ3) is 4.12. The molecule has 0 spiro atoms. The first-order valence-electron chi connectivity index (χ1n) is 11.4. The summed E-state index contributed by atoms with van der Waals surface area (Å²) in [6, 6.07) is 4.02. The van der Waals surface area contributed by atoms with Gasteiger partial charge in [0.2, 0.25) is 0 Å². The van der Waals surface area contributed by atoms with E-state index in [1.54, 1.807) is 16.3 Å². The van der Waals surface area contributed by atoms with Crippen LogP contribution in [0.25, 0.3) is 5.65 Å². The van der Waals surface area contributed by atoms with Gasteiger partial charge in [0, 0.05) is 31.3 Å². The minimum atomic E-state index is -0.459. The van der Waals surface area contributed by atoms with E-state index in [1.165, 1.54) is 18.2 Å². The fraction of sp³-hybridized carbons (Fsp3) is 0.458. The van der Waals surface area contributed by atoms with Crippen LogP contribution in [0.1, 0.15) is 46.3 Å². The number of amides is 1. The van der Waals surface area contributed by atoms with E-state index in [9.17, 15) is 14.3 Å². The number of halogens is 2. The van der Waals surface area contributed by atoms with Crippen molar-refractivity contribution >= 4 is 23.2 Å². The van der Waals surface area contributed by atoms with Gasteiger partial charge in [0.1, 0.15) is 17.7 Å². The van der Waals surface area contributed by atoms with Crippen molar-refractivity contribution in [2.75, 3.05) is 19.6 Å². The smallest absolute Gasteiger partial charge is 0.258 e. The Hall–Kier alpha value is -2.75. The van der Waals surface area contributed by atoms with Crippen molar-refractivity contribution in [2.45, 2.75) is 52.5 Å². The highest BCUT2D eigenvalue weighted by Gasteiger charge is 2.33. The standard InChI is InChI=1S/C24H27ClFN5O3/c1-13(32)9-29-7-6-17(10-29)34-21-8-16(26)4-5-18(21)24(33)30-11-19-20(12-30)28-31-15(3)22(25)14(2)27-23(19)31/h4-5,8,13,17,32H,6-7,9-12H2,1-3H3. The topological polar surface area (TPSA) is 83.2 Å². The SMILES string of the molecule is Cc1nc2c3c(nn2c(C)c1Cl)CN(C(=O)c1ccc(F)cc1OC1CCN(CC(C)O)C1)C3. The zero-order chi connectivity index (χ0) is 24.1. The monoisotopic (exact) mass is 487 g/mol. The molecule has 34 heavy (non-hydrogen) atoms. The van der Waals surface area contributed by atoms with E-state index in [4.69, 9.17) is 16.3 Å². The van der Waals surface area contributed by atoms with Gasteiger partial charge in [-0.2, -0.15) is 5.10 Å². The summed E-state index contributed by atoms with van der Waals surface area (Å²) < 4.78 is 21.9. The van der Waals surface area contributed by atoms with Crippen molar-refractivity contribution in [3.63, 3.8) is 0 Å². The number of β-amino-alcohol motifs (C(OH)–C–C–N with tert-alkyl or cyclic N) is 1. The van der Waals surface area contributed by atoms with E-state index in [0.717, 1.165) is 35.6 Å². The lowest BCUT2D eigenvalue weighted by atomic mass is 10.1. The number of aromatic nitrogens is 3. The highest BCUT2D eigenvalue weighted by atomic mass is 35.5. The minimum Gasteiger partial charge on any atom is -0.488 e. The predicted octanol–water partition coefficient (Wildman–Crippen LogP) is 3.13. The van der Waals surface area contributed by atoms with Crippen molar-refractivity contribution in [2.24, 2.45) is 0 Å².